The molecular formula is C18H17N5O2. The summed E-state index contributed by atoms with van der Waals surface area (Å²) in [7, 11) is 0. The summed E-state index contributed by atoms with van der Waals surface area (Å²) in [4.78, 5) is 34.3. The Balaban J connectivity index is 1.49. The van der Waals surface area contributed by atoms with Gasteiger partial charge in [0.15, 0.2) is 0 Å². The average molecular weight is 335 g/mol. The molecule has 2 amide bonds. The quantitative estimate of drug-likeness (QED) is 0.655. The smallest absolute Gasteiger partial charge is 0.301 e. The van der Waals surface area contributed by atoms with Crippen LogP contribution >= 0.6 is 0 Å². The van der Waals surface area contributed by atoms with Crippen molar-refractivity contribution >= 4 is 28.4 Å². The van der Waals surface area contributed by atoms with Gasteiger partial charge in [0.1, 0.15) is 0 Å². The van der Waals surface area contributed by atoms with E-state index in [2.05, 4.69) is 15.1 Å². The first-order valence-electron chi connectivity index (χ1n) is 8.19. The van der Waals surface area contributed by atoms with Crippen molar-refractivity contribution in [2.45, 2.75) is 25.0 Å². The lowest BCUT2D eigenvalue weighted by molar-refractivity contribution is -0.131. The summed E-state index contributed by atoms with van der Waals surface area (Å²) in [5.41, 5.74) is 7.39. The molecule has 2 fully saturated rings. The summed E-state index contributed by atoms with van der Waals surface area (Å²) < 4.78 is 0. The predicted molar refractivity (Wildman–Crippen MR) is 92.2 cm³/mol. The number of hydrogen-bond donors (Lipinski definition) is 2. The molecule has 126 valence electrons. The van der Waals surface area contributed by atoms with Gasteiger partial charge in [-0.05, 0) is 24.5 Å². The fourth-order valence-corrected chi connectivity index (χ4v) is 3.64. The van der Waals surface area contributed by atoms with Crippen LogP contribution in [0.3, 0.4) is 0 Å². The maximum absolute atomic E-state index is 12.5. The van der Waals surface area contributed by atoms with Gasteiger partial charge in [-0.15, -0.1) is 0 Å². The number of fused-ring (bicyclic) bond motifs is 2. The van der Waals surface area contributed by atoms with E-state index in [1.165, 1.54) is 6.20 Å². The first-order valence-corrected chi connectivity index (χ1v) is 8.19. The topological polar surface area (TPSA) is 92.7 Å². The highest BCUT2D eigenvalue weighted by Crippen LogP contribution is 2.48. The first kappa shape index (κ1) is 15.4. The van der Waals surface area contributed by atoms with E-state index in [1.807, 2.05) is 0 Å². The van der Waals surface area contributed by atoms with E-state index in [4.69, 9.17) is 12.3 Å². The van der Waals surface area contributed by atoms with Gasteiger partial charge >= 0.3 is 6.17 Å². The molecular weight excluding hydrogens is 318 g/mol. The molecule has 1 saturated carbocycles. The fraction of sp³-hybridized carbons (Fsp3) is 0.333. The van der Waals surface area contributed by atoms with Gasteiger partial charge in [-0.2, -0.15) is 0 Å². The summed E-state index contributed by atoms with van der Waals surface area (Å²) in [5.74, 6) is -0.0830. The fourth-order valence-electron chi connectivity index (χ4n) is 3.64. The SMILES string of the molecule is [C-]#[N+][C@@H]1C[C@@H]2C[C@@H]2N1C(=O)CNC(=O)c1ccnc2c(N)cccc12. The van der Waals surface area contributed by atoms with Crippen LogP contribution in [0.15, 0.2) is 30.5 Å². The van der Waals surface area contributed by atoms with Crippen LogP contribution in [0.4, 0.5) is 5.69 Å². The Labute approximate surface area is 144 Å². The summed E-state index contributed by atoms with van der Waals surface area (Å²) in [6.07, 6.45) is 2.87. The number of nitrogens with one attached hydrogen (secondary N) is 1. The van der Waals surface area contributed by atoms with E-state index in [-0.39, 0.29) is 30.6 Å². The normalized spacial score (nSPS) is 23.8. The minimum atomic E-state index is -0.380. The Hall–Kier alpha value is -3.14. The summed E-state index contributed by atoms with van der Waals surface area (Å²) >= 11 is 0. The van der Waals surface area contributed by atoms with Crippen LogP contribution in [0.1, 0.15) is 23.2 Å². The Morgan fingerprint density at radius 2 is 2.20 bits per heavy atom. The Morgan fingerprint density at radius 1 is 1.36 bits per heavy atom. The van der Waals surface area contributed by atoms with Crippen LogP contribution in [0.25, 0.3) is 15.7 Å². The highest BCUT2D eigenvalue weighted by Gasteiger charge is 2.57. The minimum absolute atomic E-state index is 0.111. The van der Waals surface area contributed by atoms with Crippen LogP contribution in [-0.2, 0) is 4.79 Å². The van der Waals surface area contributed by atoms with E-state index in [0.717, 1.165) is 12.8 Å². The highest BCUT2D eigenvalue weighted by molar-refractivity contribution is 6.08. The number of nitrogens with two attached hydrogens (primary N) is 1. The number of aromatic nitrogens is 1. The number of amides is 2. The number of likely N-dealkylation sites (tertiary alicyclic amines) is 1. The minimum Gasteiger partial charge on any atom is -0.397 e. The van der Waals surface area contributed by atoms with Crippen molar-refractivity contribution in [1.82, 2.24) is 15.2 Å². The zero-order valence-corrected chi connectivity index (χ0v) is 13.5. The van der Waals surface area contributed by atoms with Crippen LogP contribution < -0.4 is 11.1 Å². The molecule has 7 heteroatoms. The predicted octanol–water partition coefficient (Wildman–Crippen LogP) is 1.41. The van der Waals surface area contributed by atoms with Crippen molar-refractivity contribution in [2.24, 2.45) is 5.92 Å². The molecule has 2 aromatic rings. The third-order valence-electron chi connectivity index (χ3n) is 4.96. The zero-order valence-electron chi connectivity index (χ0n) is 13.5. The second-order valence-electron chi connectivity index (χ2n) is 6.49. The molecule has 2 aliphatic rings. The van der Waals surface area contributed by atoms with Crippen molar-refractivity contribution < 1.29 is 9.59 Å². The summed E-state index contributed by atoms with van der Waals surface area (Å²) in [6, 6.07) is 7.06. The molecule has 7 nitrogen and oxygen atoms in total. The average Bonchev–Trinajstić information content (AvgIpc) is 3.29. The number of carbonyl (C=O) groups excluding carboxylic acids is 2. The molecule has 25 heavy (non-hydrogen) atoms. The molecule has 2 heterocycles. The second kappa shape index (κ2) is 5.74. The molecule has 3 atom stereocenters. The summed E-state index contributed by atoms with van der Waals surface area (Å²) in [6.45, 7) is 7.11. The number of piperidine rings is 1. The standard InChI is InChI=1S/C18H17N5O2/c1-20-15-8-10-7-14(10)23(15)16(24)9-22-18(25)12-5-6-21-17-11(12)3-2-4-13(17)19/h2-6,10,14-15H,7-9,19H2,(H,22,25)/t10-,14-,15-/m0/s1. The molecule has 1 saturated heterocycles. The molecule has 3 N–H and O–H groups in total. The number of hydrogen-bond acceptors (Lipinski definition) is 4. The lowest BCUT2D eigenvalue weighted by Crippen LogP contribution is -2.43. The van der Waals surface area contributed by atoms with Gasteiger partial charge in [-0.1, -0.05) is 12.1 Å². The van der Waals surface area contributed by atoms with Gasteiger partial charge in [0.05, 0.1) is 23.3 Å². The van der Waals surface area contributed by atoms with Crippen molar-refractivity contribution in [1.29, 1.82) is 0 Å². The van der Waals surface area contributed by atoms with E-state index in [0.29, 0.717) is 28.1 Å². The number of pyridine rings is 1. The Kier molecular flexibility index (Phi) is 3.53. The molecule has 1 aliphatic carbocycles. The zero-order chi connectivity index (χ0) is 17.6. The molecule has 1 aromatic heterocycles. The number of rotatable bonds is 3. The van der Waals surface area contributed by atoms with Crippen molar-refractivity contribution in [3.05, 3.63) is 47.4 Å². The lowest BCUT2D eigenvalue weighted by atomic mass is 10.1. The largest absolute Gasteiger partial charge is 0.397 e. The number of nitrogens with zero attached hydrogens (tertiary/aromatic N) is 3. The molecule has 1 aromatic carbocycles. The van der Waals surface area contributed by atoms with Gasteiger partial charge in [0.2, 0.25) is 5.91 Å². The van der Waals surface area contributed by atoms with Crippen LogP contribution in [-0.4, -0.2) is 40.5 Å². The number of carbonyl (C=O) groups is 2. The van der Waals surface area contributed by atoms with Gasteiger partial charge < -0.3 is 11.1 Å². The molecule has 0 unspecified atom stereocenters. The van der Waals surface area contributed by atoms with E-state index in [9.17, 15) is 9.59 Å². The van der Waals surface area contributed by atoms with Crippen molar-refractivity contribution in [3.63, 3.8) is 0 Å². The number of anilines is 1. The molecule has 1 aliphatic heterocycles. The highest BCUT2D eigenvalue weighted by atomic mass is 16.2. The molecule has 0 radical (unpaired) electrons. The summed E-state index contributed by atoms with van der Waals surface area (Å²) in [5, 5.41) is 3.32. The monoisotopic (exact) mass is 335 g/mol. The molecule has 0 bridgehead atoms. The van der Waals surface area contributed by atoms with Crippen LogP contribution in [0, 0.1) is 12.5 Å². The van der Waals surface area contributed by atoms with Crippen LogP contribution in [0.5, 0.6) is 0 Å². The van der Waals surface area contributed by atoms with Gasteiger partial charge in [0, 0.05) is 24.0 Å². The molecule has 4 rings (SSSR count). The third-order valence-corrected chi connectivity index (χ3v) is 4.96. The number of para-hydroxylation sites is 1. The van der Waals surface area contributed by atoms with E-state index >= 15 is 0 Å². The first-order chi connectivity index (χ1) is 12.1. The second-order valence-corrected chi connectivity index (χ2v) is 6.49. The maximum atomic E-state index is 12.5. The third kappa shape index (κ3) is 2.56. The van der Waals surface area contributed by atoms with Gasteiger partial charge in [-0.3, -0.25) is 24.3 Å². The number of benzene rings is 1. The van der Waals surface area contributed by atoms with E-state index < -0.39 is 0 Å². The van der Waals surface area contributed by atoms with E-state index in [1.54, 1.807) is 29.2 Å². The van der Waals surface area contributed by atoms with Gasteiger partial charge in [0.25, 0.3) is 5.91 Å². The van der Waals surface area contributed by atoms with Crippen LogP contribution in [0.2, 0.25) is 0 Å². The van der Waals surface area contributed by atoms with Crippen molar-refractivity contribution in [3.8, 4) is 0 Å². The Morgan fingerprint density at radius 3 is 3.00 bits per heavy atom. The van der Waals surface area contributed by atoms with Gasteiger partial charge in [-0.25, -0.2) is 6.57 Å². The Bertz CT molecular complexity index is 919. The molecule has 0 spiro atoms. The lowest BCUT2D eigenvalue weighted by Gasteiger charge is -2.19. The maximum Gasteiger partial charge on any atom is 0.301 e. The number of nitrogen functional groups attached to an aromatic ring is 1. The van der Waals surface area contributed by atoms with Crippen molar-refractivity contribution in [2.75, 3.05) is 12.3 Å².